The topological polar surface area (TPSA) is 94.9 Å². The number of nitro benzene ring substituents is 1. The molecule has 6 nitrogen and oxygen atoms in total. The number of aryl methyl sites for hydroxylation is 2. The second-order valence-electron chi connectivity index (χ2n) is 4.01. The fraction of sp³-hybridized carbons (Fsp3) is 0.167. The summed E-state index contributed by atoms with van der Waals surface area (Å²) in [5.74, 6) is 0. The van der Waals surface area contributed by atoms with Crippen LogP contribution in [0.1, 0.15) is 11.4 Å². The first-order chi connectivity index (χ1) is 8.95. The van der Waals surface area contributed by atoms with Crippen molar-refractivity contribution in [3.8, 4) is 0 Å². The molecule has 0 radical (unpaired) electrons. The van der Waals surface area contributed by atoms with Gasteiger partial charge in [-0.05, 0) is 37.7 Å². The maximum Gasteiger partial charge on any atom is 0.271 e. The van der Waals surface area contributed by atoms with Gasteiger partial charge in [0.15, 0.2) is 5.16 Å². The van der Waals surface area contributed by atoms with E-state index < -0.39 is 4.92 Å². The largest absolute Gasteiger partial charge is 0.398 e. The second kappa shape index (κ2) is 5.23. The van der Waals surface area contributed by atoms with Crippen molar-refractivity contribution in [1.82, 2.24) is 9.97 Å². The summed E-state index contributed by atoms with van der Waals surface area (Å²) in [6.07, 6.45) is 0. The van der Waals surface area contributed by atoms with Gasteiger partial charge in [-0.3, -0.25) is 10.1 Å². The third-order valence-corrected chi connectivity index (χ3v) is 3.32. The molecule has 1 aromatic heterocycles. The molecule has 1 heterocycles. The summed E-state index contributed by atoms with van der Waals surface area (Å²) in [6, 6.07) is 6.24. The molecule has 0 amide bonds. The number of hydrogen-bond donors (Lipinski definition) is 1. The molecule has 2 aromatic rings. The van der Waals surface area contributed by atoms with Gasteiger partial charge in [-0.25, -0.2) is 9.97 Å². The summed E-state index contributed by atoms with van der Waals surface area (Å²) in [5.41, 5.74) is 7.87. The van der Waals surface area contributed by atoms with Crippen LogP contribution in [0.5, 0.6) is 0 Å². The molecular formula is C12H12N4O2S. The van der Waals surface area contributed by atoms with Crippen LogP contribution >= 0.6 is 11.8 Å². The lowest BCUT2D eigenvalue weighted by Gasteiger charge is -2.05. The minimum Gasteiger partial charge on any atom is -0.398 e. The Morgan fingerprint density at radius 2 is 1.84 bits per heavy atom. The first-order valence-corrected chi connectivity index (χ1v) is 6.31. The number of aromatic nitrogens is 2. The van der Waals surface area contributed by atoms with E-state index in [2.05, 4.69) is 9.97 Å². The number of benzene rings is 1. The molecule has 0 aliphatic heterocycles. The number of anilines is 1. The van der Waals surface area contributed by atoms with Crippen LogP contribution in [0, 0.1) is 24.0 Å². The zero-order valence-electron chi connectivity index (χ0n) is 10.5. The quantitative estimate of drug-likeness (QED) is 0.401. The fourth-order valence-corrected chi connectivity index (χ4v) is 2.47. The van der Waals surface area contributed by atoms with Gasteiger partial charge in [-0.15, -0.1) is 0 Å². The van der Waals surface area contributed by atoms with Crippen molar-refractivity contribution in [2.75, 3.05) is 5.73 Å². The molecule has 0 bridgehead atoms. The number of nitrogens with two attached hydrogens (primary N) is 1. The molecule has 0 unspecified atom stereocenters. The summed E-state index contributed by atoms with van der Waals surface area (Å²) in [4.78, 5) is 19.4. The molecule has 1 aromatic carbocycles. The van der Waals surface area contributed by atoms with E-state index in [-0.39, 0.29) is 5.69 Å². The fourth-order valence-electron chi connectivity index (χ4n) is 1.58. The van der Waals surface area contributed by atoms with Crippen molar-refractivity contribution < 1.29 is 4.92 Å². The lowest BCUT2D eigenvalue weighted by Crippen LogP contribution is -1.96. The molecule has 2 rings (SSSR count). The van der Waals surface area contributed by atoms with Crippen molar-refractivity contribution in [1.29, 1.82) is 0 Å². The standard InChI is InChI=1S/C12H12N4O2S/c1-7-5-8(2)15-12(14-7)19-11-4-3-9(16(17)18)6-10(11)13/h3-6H,13H2,1-2H3. The van der Waals surface area contributed by atoms with Crippen LogP contribution in [0.2, 0.25) is 0 Å². The SMILES string of the molecule is Cc1cc(C)nc(Sc2ccc([N+](=O)[O-])cc2N)n1. The highest BCUT2D eigenvalue weighted by atomic mass is 32.2. The average molecular weight is 276 g/mol. The van der Waals surface area contributed by atoms with Crippen molar-refractivity contribution >= 4 is 23.1 Å². The predicted molar refractivity (Wildman–Crippen MR) is 73.1 cm³/mol. The van der Waals surface area contributed by atoms with Crippen LogP contribution in [0.3, 0.4) is 0 Å². The minimum atomic E-state index is -0.474. The summed E-state index contributed by atoms with van der Waals surface area (Å²) in [6.45, 7) is 3.77. The highest BCUT2D eigenvalue weighted by molar-refractivity contribution is 7.99. The summed E-state index contributed by atoms with van der Waals surface area (Å²) in [5, 5.41) is 11.2. The van der Waals surface area contributed by atoms with E-state index in [1.54, 1.807) is 6.07 Å². The zero-order valence-corrected chi connectivity index (χ0v) is 11.3. The van der Waals surface area contributed by atoms with E-state index in [1.807, 2.05) is 19.9 Å². The molecule has 0 atom stereocenters. The van der Waals surface area contributed by atoms with Crippen LogP contribution in [0.15, 0.2) is 34.3 Å². The molecule has 0 saturated carbocycles. The normalized spacial score (nSPS) is 10.4. The van der Waals surface area contributed by atoms with E-state index in [0.717, 1.165) is 11.4 Å². The number of nitrogens with zero attached hydrogens (tertiary/aromatic N) is 3. The van der Waals surface area contributed by atoms with E-state index in [0.29, 0.717) is 15.7 Å². The molecule has 7 heteroatoms. The Kier molecular flexibility index (Phi) is 3.66. The first-order valence-electron chi connectivity index (χ1n) is 5.50. The van der Waals surface area contributed by atoms with E-state index in [4.69, 9.17) is 5.73 Å². The van der Waals surface area contributed by atoms with Crippen molar-refractivity contribution in [2.24, 2.45) is 0 Å². The number of nitro groups is 1. The van der Waals surface area contributed by atoms with Crippen LogP contribution < -0.4 is 5.73 Å². The first kappa shape index (κ1) is 13.3. The molecule has 0 aliphatic rings. The molecule has 19 heavy (non-hydrogen) atoms. The highest BCUT2D eigenvalue weighted by Gasteiger charge is 2.11. The van der Waals surface area contributed by atoms with Gasteiger partial charge in [0.25, 0.3) is 5.69 Å². The average Bonchev–Trinajstić information content (AvgIpc) is 2.30. The Labute approximate surface area is 114 Å². The van der Waals surface area contributed by atoms with Crippen molar-refractivity contribution in [3.63, 3.8) is 0 Å². The van der Waals surface area contributed by atoms with Crippen molar-refractivity contribution in [3.05, 3.63) is 45.8 Å². The highest BCUT2D eigenvalue weighted by Crippen LogP contribution is 2.32. The van der Waals surface area contributed by atoms with Crippen molar-refractivity contribution in [2.45, 2.75) is 23.9 Å². The zero-order chi connectivity index (χ0) is 14.0. The van der Waals surface area contributed by atoms with Gasteiger partial charge >= 0.3 is 0 Å². The molecule has 0 aliphatic carbocycles. The summed E-state index contributed by atoms with van der Waals surface area (Å²) < 4.78 is 0. The van der Waals surface area contributed by atoms with E-state index >= 15 is 0 Å². The molecule has 0 spiro atoms. The van der Waals surface area contributed by atoms with E-state index in [9.17, 15) is 10.1 Å². The minimum absolute atomic E-state index is 0.0248. The summed E-state index contributed by atoms with van der Waals surface area (Å²) in [7, 11) is 0. The van der Waals surface area contributed by atoms with Crippen LogP contribution in [-0.4, -0.2) is 14.9 Å². The van der Waals surface area contributed by atoms with Crippen LogP contribution in [-0.2, 0) is 0 Å². The maximum absolute atomic E-state index is 10.6. The van der Waals surface area contributed by atoms with Gasteiger partial charge < -0.3 is 5.73 Å². The lowest BCUT2D eigenvalue weighted by atomic mass is 10.3. The van der Waals surface area contributed by atoms with Gasteiger partial charge in [0.05, 0.1) is 10.6 Å². The Hall–Kier alpha value is -2.15. The van der Waals surface area contributed by atoms with Gasteiger partial charge in [0.1, 0.15) is 0 Å². The number of hydrogen-bond acceptors (Lipinski definition) is 6. The Morgan fingerprint density at radius 1 is 1.21 bits per heavy atom. The third kappa shape index (κ3) is 3.19. The third-order valence-electron chi connectivity index (χ3n) is 2.37. The van der Waals surface area contributed by atoms with Gasteiger partial charge in [-0.1, -0.05) is 0 Å². The number of non-ortho nitro benzene ring substituents is 1. The monoisotopic (exact) mass is 276 g/mol. The molecular weight excluding hydrogens is 264 g/mol. The predicted octanol–water partition coefficient (Wildman–Crippen LogP) is 2.74. The smallest absolute Gasteiger partial charge is 0.271 e. The van der Waals surface area contributed by atoms with Crippen LogP contribution in [0.25, 0.3) is 0 Å². The van der Waals surface area contributed by atoms with Crippen LogP contribution in [0.4, 0.5) is 11.4 Å². The second-order valence-corrected chi connectivity index (χ2v) is 5.02. The Bertz CT molecular complexity index is 625. The molecule has 0 saturated heterocycles. The lowest BCUT2D eigenvalue weighted by molar-refractivity contribution is -0.384. The molecule has 98 valence electrons. The van der Waals surface area contributed by atoms with Gasteiger partial charge in [0, 0.05) is 28.4 Å². The van der Waals surface area contributed by atoms with Gasteiger partial charge in [-0.2, -0.15) is 0 Å². The summed E-state index contributed by atoms with van der Waals surface area (Å²) >= 11 is 1.29. The molecule has 0 fully saturated rings. The Balaban J connectivity index is 2.30. The Morgan fingerprint density at radius 3 is 2.37 bits per heavy atom. The van der Waals surface area contributed by atoms with E-state index in [1.165, 1.54) is 23.9 Å². The number of rotatable bonds is 3. The number of nitrogen functional groups attached to an aromatic ring is 1. The molecule has 2 N–H and O–H groups in total. The van der Waals surface area contributed by atoms with Gasteiger partial charge in [0.2, 0.25) is 0 Å². The maximum atomic E-state index is 10.6.